The van der Waals surface area contributed by atoms with E-state index in [1.165, 1.54) is 46.7 Å². The van der Waals surface area contributed by atoms with Crippen molar-refractivity contribution in [2.75, 3.05) is 13.1 Å². The van der Waals surface area contributed by atoms with E-state index < -0.39 is 5.92 Å². The third kappa shape index (κ3) is 4.07. The molecule has 38 heavy (non-hydrogen) atoms. The van der Waals surface area contributed by atoms with Crippen molar-refractivity contribution in [2.24, 2.45) is 5.92 Å². The highest BCUT2D eigenvalue weighted by Crippen LogP contribution is 2.61. The molecule has 3 fully saturated rings. The van der Waals surface area contributed by atoms with Crippen LogP contribution in [0.1, 0.15) is 89.0 Å². The number of halogens is 2. The summed E-state index contributed by atoms with van der Waals surface area (Å²) in [4.78, 5) is 6.39. The molecule has 2 bridgehead atoms. The van der Waals surface area contributed by atoms with Crippen LogP contribution in [-0.4, -0.2) is 46.1 Å². The molecule has 202 valence electrons. The molecule has 5 atom stereocenters. The van der Waals surface area contributed by atoms with E-state index in [4.69, 9.17) is 4.74 Å². The number of aromatic nitrogens is 1. The van der Waals surface area contributed by atoms with Crippen LogP contribution >= 0.6 is 0 Å². The van der Waals surface area contributed by atoms with Crippen molar-refractivity contribution in [3.8, 4) is 0 Å². The van der Waals surface area contributed by atoms with Crippen molar-refractivity contribution in [3.05, 3.63) is 65.5 Å². The van der Waals surface area contributed by atoms with E-state index in [1.807, 2.05) is 12.4 Å². The topological polar surface area (TPSA) is 25.4 Å². The molecular weight excluding hydrogens is 478 g/mol. The van der Waals surface area contributed by atoms with Gasteiger partial charge in [0.05, 0.1) is 17.7 Å². The van der Waals surface area contributed by atoms with Crippen LogP contribution in [0, 0.1) is 5.92 Å². The van der Waals surface area contributed by atoms with Crippen LogP contribution in [0.25, 0.3) is 10.8 Å². The van der Waals surface area contributed by atoms with Crippen molar-refractivity contribution >= 4 is 10.8 Å². The molecule has 1 unspecified atom stereocenters. The smallest absolute Gasteiger partial charge is 0.261 e. The zero-order valence-electron chi connectivity index (χ0n) is 22.6. The number of ether oxygens (including phenoxy) is 1. The molecule has 2 aliphatic carbocycles. The fourth-order valence-corrected chi connectivity index (χ4v) is 8.65. The van der Waals surface area contributed by atoms with Gasteiger partial charge in [0.1, 0.15) is 0 Å². The van der Waals surface area contributed by atoms with Crippen molar-refractivity contribution < 1.29 is 13.5 Å². The molecule has 5 heteroatoms. The van der Waals surface area contributed by atoms with Gasteiger partial charge in [-0.3, -0.25) is 9.88 Å². The van der Waals surface area contributed by atoms with E-state index in [9.17, 15) is 8.78 Å². The van der Waals surface area contributed by atoms with E-state index in [2.05, 4.69) is 53.2 Å². The van der Waals surface area contributed by atoms with Crippen LogP contribution in [-0.2, 0) is 4.74 Å². The summed E-state index contributed by atoms with van der Waals surface area (Å²) in [5.74, 6) is -1.47. The van der Waals surface area contributed by atoms with Gasteiger partial charge in [0.15, 0.2) is 0 Å². The van der Waals surface area contributed by atoms with Crippen LogP contribution < -0.4 is 0 Å². The molecule has 3 aliphatic heterocycles. The minimum absolute atomic E-state index is 0.00522. The maximum absolute atomic E-state index is 14.0. The van der Waals surface area contributed by atoms with Crippen LogP contribution in [0.3, 0.4) is 0 Å². The highest BCUT2D eigenvalue weighted by atomic mass is 19.3. The van der Waals surface area contributed by atoms with Gasteiger partial charge in [0.2, 0.25) is 0 Å². The van der Waals surface area contributed by atoms with E-state index in [1.54, 1.807) is 0 Å². The summed E-state index contributed by atoms with van der Waals surface area (Å²) in [7, 11) is 0. The predicted molar refractivity (Wildman–Crippen MR) is 147 cm³/mol. The number of pyridine rings is 1. The van der Waals surface area contributed by atoms with Crippen LogP contribution in [0.15, 0.2) is 60.0 Å². The number of benzene rings is 1. The molecule has 2 saturated heterocycles. The van der Waals surface area contributed by atoms with E-state index >= 15 is 0 Å². The summed E-state index contributed by atoms with van der Waals surface area (Å²) in [6.07, 6.45) is 19.5. The van der Waals surface area contributed by atoms with Gasteiger partial charge in [-0.05, 0) is 110 Å². The lowest BCUT2D eigenvalue weighted by atomic mass is 9.69. The Morgan fingerprint density at radius 3 is 2.89 bits per heavy atom. The molecule has 2 aromatic rings. The number of likely N-dealkylation sites (tertiary alicyclic amines) is 1. The summed E-state index contributed by atoms with van der Waals surface area (Å²) < 4.78 is 35.4. The first-order chi connectivity index (χ1) is 18.4. The van der Waals surface area contributed by atoms with Crippen molar-refractivity contribution in [1.82, 2.24) is 9.88 Å². The average molecular weight is 519 g/mol. The lowest BCUT2D eigenvalue weighted by Crippen LogP contribution is -2.52. The third-order valence-corrected chi connectivity index (χ3v) is 10.7. The first kappa shape index (κ1) is 24.9. The van der Waals surface area contributed by atoms with Crippen molar-refractivity contribution in [1.29, 1.82) is 0 Å². The molecule has 4 heterocycles. The van der Waals surface area contributed by atoms with Gasteiger partial charge >= 0.3 is 0 Å². The Morgan fingerprint density at radius 2 is 2.05 bits per heavy atom. The second-order valence-electron chi connectivity index (χ2n) is 12.7. The van der Waals surface area contributed by atoms with Gasteiger partial charge in [0, 0.05) is 36.8 Å². The first-order valence-corrected chi connectivity index (χ1v) is 15.0. The van der Waals surface area contributed by atoms with Crippen LogP contribution in [0.4, 0.5) is 8.78 Å². The Kier molecular flexibility index (Phi) is 6.05. The Balaban J connectivity index is 1.10. The average Bonchev–Trinajstić information content (AvgIpc) is 3.45. The van der Waals surface area contributed by atoms with Gasteiger partial charge in [0.25, 0.3) is 5.92 Å². The Morgan fingerprint density at radius 1 is 1.13 bits per heavy atom. The molecule has 1 saturated carbocycles. The van der Waals surface area contributed by atoms with Gasteiger partial charge in [-0.15, -0.1) is 0 Å². The van der Waals surface area contributed by atoms with Crippen LogP contribution in [0.2, 0.25) is 0 Å². The number of hydrogen-bond acceptors (Lipinski definition) is 3. The summed E-state index contributed by atoms with van der Waals surface area (Å²) in [6.45, 7) is 2.76. The lowest BCUT2D eigenvalue weighted by Gasteiger charge is -2.51. The quantitative estimate of drug-likeness (QED) is 0.388. The SMILES string of the molecule is CC[C@H](CC[C@@H]1CCC=C2C=C3CCC(N4CCC(F)(F)C4)C[C@]34CC[C@@]21O4)c1ccc2ccncc2c1. The standard InChI is InChI=1S/C33H40F2N2O/c1-2-23(25-7-6-24-12-16-36-21-26(24)18-25)8-9-27-4-3-5-29-19-28-10-11-30(37-17-15-32(34,35)22-37)20-31(28)13-14-33(27,29)38-31/h5-7,12,16,18-19,21,23,27,30H,2-4,8-11,13-15,17,20,22H2,1H3/t23-,27+,30?,31-,33+/m1/s1. The Hall–Kier alpha value is -2.11. The zero-order valence-corrected chi connectivity index (χ0v) is 22.6. The molecule has 7 rings (SSSR count). The molecule has 3 nitrogen and oxygen atoms in total. The molecule has 1 aromatic carbocycles. The second-order valence-corrected chi connectivity index (χ2v) is 12.7. The minimum atomic E-state index is -2.53. The summed E-state index contributed by atoms with van der Waals surface area (Å²) in [5.41, 5.74) is 3.88. The number of nitrogens with zero attached hydrogens (tertiary/aromatic N) is 2. The number of hydrogen-bond donors (Lipinski definition) is 0. The molecular formula is C33H40F2N2O. The third-order valence-electron chi connectivity index (χ3n) is 10.7. The molecule has 0 N–H and O–H groups in total. The zero-order chi connectivity index (χ0) is 26.0. The largest absolute Gasteiger partial charge is 0.359 e. The molecule has 5 aliphatic rings. The maximum Gasteiger partial charge on any atom is 0.261 e. The Labute approximate surface area is 225 Å². The highest BCUT2D eigenvalue weighted by Gasteiger charge is 2.61. The monoisotopic (exact) mass is 518 g/mol. The van der Waals surface area contributed by atoms with Gasteiger partial charge in [-0.25, -0.2) is 8.78 Å². The number of fused-ring (bicyclic) bond motifs is 1. The van der Waals surface area contributed by atoms with Crippen LogP contribution in [0.5, 0.6) is 0 Å². The fourth-order valence-electron chi connectivity index (χ4n) is 8.65. The second kappa shape index (κ2) is 9.23. The lowest BCUT2D eigenvalue weighted by molar-refractivity contribution is -0.124. The fraction of sp³-hybridized carbons (Fsp3) is 0.606. The molecule has 1 aromatic heterocycles. The molecule has 0 amide bonds. The molecule has 2 spiro atoms. The van der Waals surface area contributed by atoms with Crippen molar-refractivity contribution in [2.45, 2.75) is 107 Å². The van der Waals surface area contributed by atoms with Gasteiger partial charge < -0.3 is 4.74 Å². The number of allylic oxidation sites excluding steroid dienone is 1. The van der Waals surface area contributed by atoms with E-state index in [0.717, 1.165) is 44.9 Å². The van der Waals surface area contributed by atoms with Crippen molar-refractivity contribution in [3.63, 3.8) is 0 Å². The highest BCUT2D eigenvalue weighted by molar-refractivity contribution is 5.82. The number of alkyl halides is 2. The maximum atomic E-state index is 14.0. The normalized spacial score (nSPS) is 34.9. The van der Waals surface area contributed by atoms with E-state index in [-0.39, 0.29) is 30.2 Å². The minimum Gasteiger partial charge on any atom is -0.359 e. The predicted octanol–water partition coefficient (Wildman–Crippen LogP) is 7.97. The first-order valence-electron chi connectivity index (χ1n) is 15.0. The van der Waals surface area contributed by atoms with E-state index in [0.29, 0.717) is 18.4 Å². The number of rotatable bonds is 6. The van der Waals surface area contributed by atoms with Gasteiger partial charge in [-0.1, -0.05) is 31.2 Å². The summed E-state index contributed by atoms with van der Waals surface area (Å²) in [6, 6.07) is 9.18. The van der Waals surface area contributed by atoms with Gasteiger partial charge in [-0.2, -0.15) is 0 Å². The summed E-state index contributed by atoms with van der Waals surface area (Å²) >= 11 is 0. The molecule has 0 radical (unpaired) electrons. The summed E-state index contributed by atoms with van der Waals surface area (Å²) in [5, 5.41) is 2.47. The Bertz CT molecular complexity index is 1290.